The van der Waals surface area contributed by atoms with Gasteiger partial charge in [0.05, 0.1) is 23.9 Å². The number of fused-ring (bicyclic) bond motifs is 1. The van der Waals surface area contributed by atoms with E-state index in [1.54, 1.807) is 18.1 Å². The first-order valence-corrected chi connectivity index (χ1v) is 12.2. The summed E-state index contributed by atoms with van der Waals surface area (Å²) in [4.78, 5) is 26.5. The molecule has 0 atom stereocenters. The predicted octanol–water partition coefficient (Wildman–Crippen LogP) is 2.26. The second-order valence-electron chi connectivity index (χ2n) is 8.27. The minimum Gasteiger partial charge on any atom is -0.497 e. The number of ether oxygens (including phenoxy) is 1. The number of aromatic nitrogens is 1. The molecule has 0 N–H and O–H groups in total. The molecule has 4 rings (SSSR count). The fourth-order valence-corrected chi connectivity index (χ4v) is 5.50. The molecule has 33 heavy (non-hydrogen) atoms. The number of sulfonamides is 1. The van der Waals surface area contributed by atoms with Crippen molar-refractivity contribution in [3.8, 4) is 5.75 Å². The van der Waals surface area contributed by atoms with Crippen molar-refractivity contribution >= 4 is 27.0 Å². The number of piperazine rings is 1. The smallest absolute Gasteiger partial charge is 0.420 e. The number of nitrogens with zero attached hydrogens (tertiary/aromatic N) is 3. The molecule has 0 unspecified atom stereocenters. The molecule has 1 saturated heterocycles. The number of carbonyl (C=O) groups is 1. The van der Waals surface area contributed by atoms with Crippen molar-refractivity contribution in [3.05, 3.63) is 58.6 Å². The van der Waals surface area contributed by atoms with Gasteiger partial charge in [-0.25, -0.2) is 13.2 Å². The quantitative estimate of drug-likeness (QED) is 0.544. The third-order valence-corrected chi connectivity index (χ3v) is 7.71. The lowest BCUT2D eigenvalue weighted by molar-refractivity contribution is -0.131. The zero-order valence-electron chi connectivity index (χ0n) is 18.9. The standard InChI is InChI=1S/C23H27N3O6S/c1-16(2)26-20-8-7-19(15-21(20)32-23(26)28)33(29,30)25-11-9-24(10-12-25)22(27)14-17-5-4-6-18(13-17)31-3/h4-8,13,15-16H,9-12,14H2,1-3H3. The number of methoxy groups -OCH3 is 1. The van der Waals surface area contributed by atoms with Crippen LogP contribution in [0.4, 0.5) is 0 Å². The highest BCUT2D eigenvalue weighted by molar-refractivity contribution is 7.89. The van der Waals surface area contributed by atoms with Gasteiger partial charge in [0.1, 0.15) is 5.75 Å². The van der Waals surface area contributed by atoms with Gasteiger partial charge in [0, 0.05) is 38.3 Å². The van der Waals surface area contributed by atoms with Gasteiger partial charge in [0.2, 0.25) is 15.9 Å². The van der Waals surface area contributed by atoms with Crippen LogP contribution in [0.25, 0.3) is 11.1 Å². The minimum absolute atomic E-state index is 0.0569. The molecular formula is C23H27N3O6S. The molecule has 1 aliphatic heterocycles. The van der Waals surface area contributed by atoms with Gasteiger partial charge < -0.3 is 14.1 Å². The maximum absolute atomic E-state index is 13.2. The summed E-state index contributed by atoms with van der Waals surface area (Å²) in [5, 5.41) is 0. The van der Waals surface area contributed by atoms with Gasteiger partial charge in [-0.05, 0) is 43.7 Å². The summed E-state index contributed by atoms with van der Waals surface area (Å²) >= 11 is 0. The third-order valence-electron chi connectivity index (χ3n) is 5.82. The molecule has 9 nitrogen and oxygen atoms in total. The Hall–Kier alpha value is -3.11. The average molecular weight is 474 g/mol. The molecular weight excluding hydrogens is 446 g/mol. The number of amides is 1. The maximum Gasteiger partial charge on any atom is 0.420 e. The molecule has 1 fully saturated rings. The maximum atomic E-state index is 13.2. The van der Waals surface area contributed by atoms with Crippen LogP contribution in [0.3, 0.4) is 0 Å². The van der Waals surface area contributed by atoms with Crippen LogP contribution in [-0.4, -0.2) is 61.4 Å². The summed E-state index contributed by atoms with van der Waals surface area (Å²) in [5.74, 6) is 0.115. The van der Waals surface area contributed by atoms with Crippen molar-refractivity contribution in [1.82, 2.24) is 13.8 Å². The molecule has 10 heteroatoms. The highest BCUT2D eigenvalue weighted by Crippen LogP contribution is 2.24. The van der Waals surface area contributed by atoms with E-state index in [0.717, 1.165) is 5.56 Å². The van der Waals surface area contributed by atoms with E-state index in [0.29, 0.717) is 24.4 Å². The normalized spacial score (nSPS) is 15.3. The first-order chi connectivity index (χ1) is 15.7. The van der Waals surface area contributed by atoms with E-state index in [2.05, 4.69) is 0 Å². The monoisotopic (exact) mass is 473 g/mol. The van der Waals surface area contributed by atoms with Crippen LogP contribution < -0.4 is 10.5 Å². The molecule has 2 heterocycles. The van der Waals surface area contributed by atoms with Crippen LogP contribution in [0.5, 0.6) is 5.75 Å². The topological polar surface area (TPSA) is 102 Å². The van der Waals surface area contributed by atoms with Gasteiger partial charge in [0.15, 0.2) is 5.58 Å². The Balaban J connectivity index is 1.45. The zero-order valence-corrected chi connectivity index (χ0v) is 19.7. The Morgan fingerprint density at radius 1 is 1.09 bits per heavy atom. The predicted molar refractivity (Wildman–Crippen MR) is 123 cm³/mol. The van der Waals surface area contributed by atoms with Crippen molar-refractivity contribution in [2.75, 3.05) is 33.3 Å². The van der Waals surface area contributed by atoms with Crippen molar-refractivity contribution < 1.29 is 22.4 Å². The molecule has 1 aromatic heterocycles. The lowest BCUT2D eigenvalue weighted by Gasteiger charge is -2.34. The summed E-state index contributed by atoms with van der Waals surface area (Å²) in [6.45, 7) is 4.72. The molecule has 0 bridgehead atoms. The number of benzene rings is 2. The Bertz CT molecular complexity index is 1330. The van der Waals surface area contributed by atoms with Crippen molar-refractivity contribution in [2.45, 2.75) is 31.2 Å². The average Bonchev–Trinajstić information content (AvgIpc) is 3.14. The number of carbonyl (C=O) groups excluding carboxylic acids is 1. The zero-order chi connectivity index (χ0) is 23.8. The number of oxazole rings is 1. The molecule has 1 aliphatic rings. The van der Waals surface area contributed by atoms with Crippen LogP contribution in [-0.2, 0) is 21.2 Å². The molecule has 2 aromatic carbocycles. The van der Waals surface area contributed by atoms with Gasteiger partial charge in [-0.3, -0.25) is 9.36 Å². The van der Waals surface area contributed by atoms with E-state index in [-0.39, 0.29) is 41.9 Å². The van der Waals surface area contributed by atoms with Gasteiger partial charge in [-0.1, -0.05) is 12.1 Å². The number of hydrogen-bond donors (Lipinski definition) is 0. The minimum atomic E-state index is -3.79. The number of hydrogen-bond acceptors (Lipinski definition) is 6. The van der Waals surface area contributed by atoms with Crippen LogP contribution in [0.1, 0.15) is 25.5 Å². The summed E-state index contributed by atoms with van der Waals surface area (Å²) in [6, 6.07) is 11.7. The summed E-state index contributed by atoms with van der Waals surface area (Å²) in [6.07, 6.45) is 0.229. The molecule has 176 valence electrons. The van der Waals surface area contributed by atoms with Gasteiger partial charge >= 0.3 is 5.76 Å². The Kier molecular flexibility index (Phi) is 6.31. The molecule has 0 spiro atoms. The van der Waals surface area contributed by atoms with Gasteiger partial charge in [-0.2, -0.15) is 4.31 Å². The van der Waals surface area contributed by atoms with Crippen LogP contribution in [0, 0.1) is 0 Å². The first kappa shape index (κ1) is 23.1. The fourth-order valence-electron chi connectivity index (χ4n) is 4.06. The molecule has 0 aliphatic carbocycles. The Morgan fingerprint density at radius 3 is 2.48 bits per heavy atom. The molecule has 1 amide bonds. The SMILES string of the molecule is COc1cccc(CC(=O)N2CCN(S(=O)(=O)c3ccc4c(c3)oc(=O)n4C(C)C)CC2)c1. The molecule has 3 aromatic rings. The lowest BCUT2D eigenvalue weighted by atomic mass is 10.1. The molecule has 0 radical (unpaired) electrons. The van der Waals surface area contributed by atoms with E-state index in [1.807, 2.05) is 38.1 Å². The number of rotatable bonds is 6. The highest BCUT2D eigenvalue weighted by Gasteiger charge is 2.31. The summed E-state index contributed by atoms with van der Waals surface area (Å²) in [7, 11) is -2.21. The van der Waals surface area contributed by atoms with E-state index in [1.165, 1.54) is 21.0 Å². The van der Waals surface area contributed by atoms with Crippen LogP contribution >= 0.6 is 0 Å². The van der Waals surface area contributed by atoms with Gasteiger partial charge in [0.25, 0.3) is 0 Å². The van der Waals surface area contributed by atoms with Crippen molar-refractivity contribution in [3.63, 3.8) is 0 Å². The van der Waals surface area contributed by atoms with E-state index in [9.17, 15) is 18.0 Å². The molecule has 0 saturated carbocycles. The largest absolute Gasteiger partial charge is 0.497 e. The van der Waals surface area contributed by atoms with E-state index in [4.69, 9.17) is 9.15 Å². The van der Waals surface area contributed by atoms with E-state index >= 15 is 0 Å². The highest BCUT2D eigenvalue weighted by atomic mass is 32.2. The lowest BCUT2D eigenvalue weighted by Crippen LogP contribution is -2.50. The summed E-state index contributed by atoms with van der Waals surface area (Å²) < 4.78 is 39.7. The first-order valence-electron chi connectivity index (χ1n) is 10.8. The van der Waals surface area contributed by atoms with Crippen molar-refractivity contribution in [2.24, 2.45) is 0 Å². The second kappa shape index (κ2) is 9.03. The fraction of sp³-hybridized carbons (Fsp3) is 0.391. The van der Waals surface area contributed by atoms with Crippen LogP contribution in [0.15, 0.2) is 56.6 Å². The van der Waals surface area contributed by atoms with E-state index < -0.39 is 15.8 Å². The second-order valence-corrected chi connectivity index (χ2v) is 10.2. The Morgan fingerprint density at radius 2 is 1.82 bits per heavy atom. The van der Waals surface area contributed by atoms with Gasteiger partial charge in [-0.15, -0.1) is 0 Å². The van der Waals surface area contributed by atoms with Crippen molar-refractivity contribution in [1.29, 1.82) is 0 Å². The Labute approximate surface area is 192 Å². The summed E-state index contributed by atoms with van der Waals surface area (Å²) in [5.41, 5.74) is 1.64. The van der Waals surface area contributed by atoms with Crippen LogP contribution in [0.2, 0.25) is 0 Å². The third kappa shape index (κ3) is 4.53.